The zero-order chi connectivity index (χ0) is 14.4. The molecule has 0 saturated carbocycles. The number of hydrogen-bond donors (Lipinski definition) is 1. The quantitative estimate of drug-likeness (QED) is 0.896. The number of nitrogens with one attached hydrogen (secondary N) is 1. The van der Waals surface area contributed by atoms with E-state index in [4.69, 9.17) is 4.74 Å². The highest BCUT2D eigenvalue weighted by Gasteiger charge is 2.23. The number of amides is 1. The summed E-state index contributed by atoms with van der Waals surface area (Å²) in [6.45, 7) is 5.36. The molecule has 4 nitrogen and oxygen atoms in total. The molecule has 0 aromatic heterocycles. The Morgan fingerprint density at radius 3 is 2.50 bits per heavy atom. The second-order valence-corrected chi connectivity index (χ2v) is 5.25. The summed E-state index contributed by atoms with van der Waals surface area (Å²) in [5.74, 6) is 1.65. The first-order valence-electron chi connectivity index (χ1n) is 7.41. The normalized spacial score (nSPS) is 16.2. The highest BCUT2D eigenvalue weighted by Crippen LogP contribution is 2.19. The number of ether oxygens (including phenoxy) is 1. The molecule has 1 aromatic rings. The van der Waals surface area contributed by atoms with Gasteiger partial charge in [0.05, 0.1) is 6.61 Å². The van der Waals surface area contributed by atoms with Crippen LogP contribution in [0.15, 0.2) is 24.3 Å². The Morgan fingerprint density at radius 2 is 1.95 bits per heavy atom. The van der Waals surface area contributed by atoms with Gasteiger partial charge in [-0.2, -0.15) is 0 Å². The molecule has 1 fully saturated rings. The Morgan fingerprint density at radius 1 is 1.30 bits per heavy atom. The Kier molecular flexibility index (Phi) is 5.41. The van der Waals surface area contributed by atoms with Crippen molar-refractivity contribution < 1.29 is 9.53 Å². The van der Waals surface area contributed by atoms with E-state index in [2.05, 4.69) is 5.32 Å². The molecule has 1 aliphatic heterocycles. The van der Waals surface area contributed by atoms with Gasteiger partial charge in [0, 0.05) is 18.7 Å². The lowest BCUT2D eigenvalue weighted by atomic mass is 9.96. The SMILES string of the molecule is CCOc1ccc(C(=O)N2CCC(CNC)CC2)cc1. The van der Waals surface area contributed by atoms with E-state index in [1.165, 1.54) is 0 Å². The second-order valence-electron chi connectivity index (χ2n) is 5.25. The van der Waals surface area contributed by atoms with Crippen molar-refractivity contribution in [2.45, 2.75) is 19.8 Å². The number of rotatable bonds is 5. The van der Waals surface area contributed by atoms with Crippen LogP contribution in [0.2, 0.25) is 0 Å². The Hall–Kier alpha value is -1.55. The average molecular weight is 276 g/mol. The molecule has 1 amide bonds. The van der Waals surface area contributed by atoms with Crippen molar-refractivity contribution in [3.05, 3.63) is 29.8 Å². The highest BCUT2D eigenvalue weighted by atomic mass is 16.5. The van der Waals surface area contributed by atoms with Gasteiger partial charge in [0.1, 0.15) is 5.75 Å². The number of carbonyl (C=O) groups excluding carboxylic acids is 1. The summed E-state index contributed by atoms with van der Waals surface area (Å²) in [5.41, 5.74) is 0.750. The summed E-state index contributed by atoms with van der Waals surface area (Å²) >= 11 is 0. The van der Waals surface area contributed by atoms with Gasteiger partial charge in [0.25, 0.3) is 5.91 Å². The molecular formula is C16H24N2O2. The minimum atomic E-state index is 0.135. The predicted octanol–water partition coefficient (Wildman–Crippen LogP) is 2.16. The molecule has 4 heteroatoms. The van der Waals surface area contributed by atoms with E-state index in [0.717, 1.165) is 43.8 Å². The van der Waals surface area contributed by atoms with Crippen LogP contribution in [0.3, 0.4) is 0 Å². The van der Waals surface area contributed by atoms with Gasteiger partial charge in [-0.1, -0.05) is 0 Å². The van der Waals surface area contributed by atoms with Crippen molar-refractivity contribution in [3.63, 3.8) is 0 Å². The molecule has 0 unspecified atom stereocenters. The molecule has 1 saturated heterocycles. The molecule has 2 rings (SSSR count). The van der Waals surface area contributed by atoms with Crippen molar-refractivity contribution in [2.24, 2.45) is 5.92 Å². The Balaban J connectivity index is 1.91. The fourth-order valence-electron chi connectivity index (χ4n) is 2.67. The average Bonchev–Trinajstić information content (AvgIpc) is 2.49. The first-order chi connectivity index (χ1) is 9.74. The van der Waals surface area contributed by atoms with E-state index < -0.39 is 0 Å². The van der Waals surface area contributed by atoms with Crippen LogP contribution in [0.4, 0.5) is 0 Å². The summed E-state index contributed by atoms with van der Waals surface area (Å²) in [5, 5.41) is 3.21. The third-order valence-corrected chi connectivity index (χ3v) is 3.81. The van der Waals surface area contributed by atoms with Gasteiger partial charge in [-0.05, 0) is 63.5 Å². The van der Waals surface area contributed by atoms with Crippen molar-refractivity contribution in [1.29, 1.82) is 0 Å². The van der Waals surface area contributed by atoms with Crippen LogP contribution in [0, 0.1) is 5.92 Å². The van der Waals surface area contributed by atoms with Gasteiger partial charge in [-0.3, -0.25) is 4.79 Å². The molecule has 0 aliphatic carbocycles. The van der Waals surface area contributed by atoms with E-state index in [-0.39, 0.29) is 5.91 Å². The molecule has 0 radical (unpaired) electrons. The smallest absolute Gasteiger partial charge is 0.253 e. The summed E-state index contributed by atoms with van der Waals surface area (Å²) in [6.07, 6.45) is 2.17. The highest BCUT2D eigenvalue weighted by molar-refractivity contribution is 5.94. The topological polar surface area (TPSA) is 41.6 Å². The third kappa shape index (κ3) is 3.73. The zero-order valence-corrected chi connectivity index (χ0v) is 12.4. The molecule has 1 N–H and O–H groups in total. The van der Waals surface area contributed by atoms with E-state index in [1.807, 2.05) is 43.1 Å². The van der Waals surface area contributed by atoms with Crippen LogP contribution >= 0.6 is 0 Å². The maximum Gasteiger partial charge on any atom is 0.253 e. The van der Waals surface area contributed by atoms with Gasteiger partial charge in [0.2, 0.25) is 0 Å². The minimum absolute atomic E-state index is 0.135. The second kappa shape index (κ2) is 7.29. The van der Waals surface area contributed by atoms with Gasteiger partial charge >= 0.3 is 0 Å². The van der Waals surface area contributed by atoms with Crippen LogP contribution in [0.25, 0.3) is 0 Å². The third-order valence-electron chi connectivity index (χ3n) is 3.81. The van der Waals surface area contributed by atoms with Gasteiger partial charge in [-0.25, -0.2) is 0 Å². The molecule has 1 aliphatic rings. The number of hydrogen-bond acceptors (Lipinski definition) is 3. The molecule has 20 heavy (non-hydrogen) atoms. The van der Waals surface area contributed by atoms with Crippen molar-refractivity contribution in [2.75, 3.05) is 33.3 Å². The van der Waals surface area contributed by atoms with Crippen molar-refractivity contribution in [3.8, 4) is 5.75 Å². The molecule has 1 heterocycles. The molecule has 110 valence electrons. The lowest BCUT2D eigenvalue weighted by Crippen LogP contribution is -2.40. The van der Waals surface area contributed by atoms with Crippen molar-refractivity contribution in [1.82, 2.24) is 10.2 Å². The lowest BCUT2D eigenvalue weighted by molar-refractivity contribution is 0.0691. The van der Waals surface area contributed by atoms with Crippen LogP contribution in [0.1, 0.15) is 30.1 Å². The van der Waals surface area contributed by atoms with Crippen LogP contribution in [-0.4, -0.2) is 44.1 Å². The summed E-state index contributed by atoms with van der Waals surface area (Å²) in [6, 6.07) is 7.44. The maximum atomic E-state index is 12.4. The van der Waals surface area contributed by atoms with Gasteiger partial charge < -0.3 is 15.0 Å². The molecular weight excluding hydrogens is 252 g/mol. The van der Waals surface area contributed by atoms with E-state index in [9.17, 15) is 4.79 Å². The fraction of sp³-hybridized carbons (Fsp3) is 0.562. The van der Waals surface area contributed by atoms with E-state index >= 15 is 0 Å². The standard InChI is InChI=1S/C16H24N2O2/c1-3-20-15-6-4-14(5-7-15)16(19)18-10-8-13(9-11-18)12-17-2/h4-7,13,17H,3,8-12H2,1-2H3. The fourth-order valence-corrected chi connectivity index (χ4v) is 2.67. The number of nitrogens with zero attached hydrogens (tertiary/aromatic N) is 1. The Labute approximate surface area is 121 Å². The molecule has 0 atom stereocenters. The number of piperidine rings is 1. The van der Waals surface area contributed by atoms with Gasteiger partial charge in [-0.15, -0.1) is 0 Å². The monoisotopic (exact) mass is 276 g/mol. The van der Waals surface area contributed by atoms with Crippen LogP contribution < -0.4 is 10.1 Å². The first kappa shape index (κ1) is 14.9. The largest absolute Gasteiger partial charge is 0.494 e. The maximum absolute atomic E-state index is 12.4. The number of likely N-dealkylation sites (tertiary alicyclic amines) is 1. The first-order valence-corrected chi connectivity index (χ1v) is 7.41. The molecule has 0 bridgehead atoms. The lowest BCUT2D eigenvalue weighted by Gasteiger charge is -2.32. The van der Waals surface area contributed by atoms with Crippen LogP contribution in [0.5, 0.6) is 5.75 Å². The zero-order valence-electron chi connectivity index (χ0n) is 12.4. The summed E-state index contributed by atoms with van der Waals surface area (Å²) in [4.78, 5) is 14.4. The number of benzene rings is 1. The predicted molar refractivity (Wildman–Crippen MR) is 80.2 cm³/mol. The van der Waals surface area contributed by atoms with Crippen LogP contribution in [-0.2, 0) is 0 Å². The van der Waals surface area contributed by atoms with Crippen molar-refractivity contribution >= 4 is 5.91 Å². The van der Waals surface area contributed by atoms with Gasteiger partial charge in [0.15, 0.2) is 0 Å². The summed E-state index contributed by atoms with van der Waals surface area (Å²) in [7, 11) is 1.98. The minimum Gasteiger partial charge on any atom is -0.494 e. The molecule has 0 spiro atoms. The summed E-state index contributed by atoms with van der Waals surface area (Å²) < 4.78 is 5.40. The number of carbonyl (C=O) groups is 1. The Bertz CT molecular complexity index is 423. The van der Waals surface area contributed by atoms with E-state index in [1.54, 1.807) is 0 Å². The molecule has 1 aromatic carbocycles. The van der Waals surface area contributed by atoms with E-state index in [0.29, 0.717) is 12.5 Å².